The van der Waals surface area contributed by atoms with Crippen molar-refractivity contribution in [2.45, 2.75) is 6.54 Å². The highest BCUT2D eigenvalue weighted by Gasteiger charge is 2.31. The lowest BCUT2D eigenvalue weighted by atomic mass is 10.00. The Bertz CT molecular complexity index is 1440. The van der Waals surface area contributed by atoms with Crippen molar-refractivity contribution in [3.05, 3.63) is 54.5 Å². The second-order valence-corrected chi connectivity index (χ2v) is 9.91. The minimum atomic E-state index is -0.413. The van der Waals surface area contributed by atoms with Gasteiger partial charge in [0.05, 0.1) is 6.54 Å². The summed E-state index contributed by atoms with van der Waals surface area (Å²) in [4.78, 5) is 40.0. The number of carbonyl (C=O) groups excluding carboxylic acids is 2. The minimum Gasteiger partial charge on any atom is -0.366 e. The average Bonchev–Trinajstić information content (AvgIpc) is 3.45. The highest BCUT2D eigenvalue weighted by Crippen LogP contribution is 2.23. The Hall–Kier alpha value is -3.92. The molecule has 5 heterocycles. The van der Waals surface area contributed by atoms with Gasteiger partial charge >= 0.3 is 0 Å². The standard InChI is InChI=1S/C26H30N8O2/c1-30-6-4-21-13-28-26(29-25(21)30)33-10-8-32(9-11-33)23(35)17-31-14-18(15-31)16-34-7-5-19-2-3-20(24(27)36)12-22(19)34/h2-7,12-13,18H,8-11,14-17H2,1H3,(H2,27,36). The van der Waals surface area contributed by atoms with Gasteiger partial charge in [0.1, 0.15) is 5.65 Å². The third-order valence-corrected chi connectivity index (χ3v) is 7.42. The summed E-state index contributed by atoms with van der Waals surface area (Å²) in [6.07, 6.45) is 5.91. The fourth-order valence-corrected chi connectivity index (χ4v) is 5.33. The van der Waals surface area contributed by atoms with Crippen molar-refractivity contribution in [1.82, 2.24) is 28.9 Å². The van der Waals surface area contributed by atoms with Gasteiger partial charge in [0.15, 0.2) is 0 Å². The van der Waals surface area contributed by atoms with Crippen molar-refractivity contribution in [3.63, 3.8) is 0 Å². The van der Waals surface area contributed by atoms with E-state index in [0.717, 1.165) is 60.6 Å². The van der Waals surface area contributed by atoms with E-state index >= 15 is 0 Å². The van der Waals surface area contributed by atoms with Crippen LogP contribution in [-0.2, 0) is 18.4 Å². The van der Waals surface area contributed by atoms with E-state index in [1.165, 1.54) is 0 Å². The number of hydrogen-bond donors (Lipinski definition) is 1. The first-order chi connectivity index (χ1) is 17.4. The number of hydrogen-bond acceptors (Lipinski definition) is 6. The molecule has 2 aliphatic rings. The summed E-state index contributed by atoms with van der Waals surface area (Å²) in [7, 11) is 1.98. The molecule has 1 aromatic carbocycles. The van der Waals surface area contributed by atoms with Gasteiger partial charge < -0.3 is 24.7 Å². The third-order valence-electron chi connectivity index (χ3n) is 7.42. The highest BCUT2D eigenvalue weighted by molar-refractivity contribution is 5.97. The van der Waals surface area contributed by atoms with Gasteiger partial charge in [-0.1, -0.05) is 6.07 Å². The second-order valence-electron chi connectivity index (χ2n) is 9.91. The van der Waals surface area contributed by atoms with E-state index in [2.05, 4.69) is 31.6 Å². The van der Waals surface area contributed by atoms with Crippen LogP contribution in [-0.4, -0.2) is 86.5 Å². The Balaban J connectivity index is 0.991. The number of amides is 2. The van der Waals surface area contributed by atoms with E-state index in [1.54, 1.807) is 6.07 Å². The molecule has 4 aromatic rings. The van der Waals surface area contributed by atoms with Gasteiger partial charge in [0, 0.05) is 93.8 Å². The highest BCUT2D eigenvalue weighted by atomic mass is 16.2. The minimum absolute atomic E-state index is 0.185. The van der Waals surface area contributed by atoms with Crippen LogP contribution in [0.2, 0.25) is 0 Å². The first-order valence-electron chi connectivity index (χ1n) is 12.4. The van der Waals surface area contributed by atoms with E-state index in [9.17, 15) is 9.59 Å². The van der Waals surface area contributed by atoms with Crippen molar-refractivity contribution >= 4 is 39.7 Å². The van der Waals surface area contributed by atoms with Crippen molar-refractivity contribution in [2.75, 3.05) is 50.7 Å². The molecule has 0 bridgehead atoms. The van der Waals surface area contributed by atoms with Gasteiger partial charge in [-0.2, -0.15) is 4.98 Å². The Labute approximate surface area is 208 Å². The number of carbonyl (C=O) groups is 2. The molecule has 0 saturated carbocycles. The van der Waals surface area contributed by atoms with Crippen LogP contribution in [0.25, 0.3) is 21.9 Å². The maximum absolute atomic E-state index is 12.9. The predicted molar refractivity (Wildman–Crippen MR) is 138 cm³/mol. The Kier molecular flexibility index (Phi) is 5.60. The van der Waals surface area contributed by atoms with Crippen LogP contribution in [0.15, 0.2) is 48.9 Å². The molecule has 0 unspecified atom stereocenters. The lowest BCUT2D eigenvalue weighted by Crippen LogP contribution is -2.55. The molecule has 2 fully saturated rings. The van der Waals surface area contributed by atoms with E-state index in [0.29, 0.717) is 31.1 Å². The van der Waals surface area contributed by atoms with Crippen LogP contribution in [0.1, 0.15) is 10.4 Å². The number of rotatable bonds is 6. The lowest BCUT2D eigenvalue weighted by molar-refractivity contribution is -0.134. The largest absolute Gasteiger partial charge is 0.366 e. The Morgan fingerprint density at radius 2 is 1.81 bits per heavy atom. The summed E-state index contributed by atoms with van der Waals surface area (Å²) in [6, 6.07) is 9.63. The Morgan fingerprint density at radius 1 is 1.03 bits per heavy atom. The molecule has 2 aliphatic heterocycles. The zero-order chi connectivity index (χ0) is 24.8. The Morgan fingerprint density at radius 3 is 2.58 bits per heavy atom. The number of nitrogens with zero attached hydrogens (tertiary/aromatic N) is 7. The maximum Gasteiger partial charge on any atom is 0.248 e. The first kappa shape index (κ1) is 22.5. The van der Waals surface area contributed by atoms with E-state index in [-0.39, 0.29) is 5.91 Å². The third kappa shape index (κ3) is 4.17. The molecule has 3 aromatic heterocycles. The van der Waals surface area contributed by atoms with Crippen LogP contribution in [0.3, 0.4) is 0 Å². The average molecular weight is 487 g/mol. The van der Waals surface area contributed by atoms with Gasteiger partial charge in [0.2, 0.25) is 17.8 Å². The van der Waals surface area contributed by atoms with Crippen LogP contribution in [0.5, 0.6) is 0 Å². The number of aryl methyl sites for hydroxylation is 1. The van der Waals surface area contributed by atoms with Crippen LogP contribution < -0.4 is 10.6 Å². The van der Waals surface area contributed by atoms with Crippen molar-refractivity contribution in [2.24, 2.45) is 18.7 Å². The molecule has 10 heteroatoms. The first-order valence-corrected chi connectivity index (χ1v) is 12.4. The van der Waals surface area contributed by atoms with Gasteiger partial charge in [-0.05, 0) is 29.7 Å². The molecule has 2 saturated heterocycles. The van der Waals surface area contributed by atoms with Crippen molar-refractivity contribution in [1.29, 1.82) is 0 Å². The topological polar surface area (TPSA) is 106 Å². The molecule has 2 amide bonds. The molecule has 10 nitrogen and oxygen atoms in total. The predicted octanol–water partition coefficient (Wildman–Crippen LogP) is 1.30. The number of benzene rings is 1. The monoisotopic (exact) mass is 486 g/mol. The summed E-state index contributed by atoms with van der Waals surface area (Å²) >= 11 is 0. The number of primary amides is 1. The molecule has 0 spiro atoms. The molecule has 0 atom stereocenters. The van der Waals surface area contributed by atoms with Crippen molar-refractivity contribution < 1.29 is 9.59 Å². The summed E-state index contributed by atoms with van der Waals surface area (Å²) in [5.74, 6) is 0.975. The van der Waals surface area contributed by atoms with E-state index < -0.39 is 5.91 Å². The van der Waals surface area contributed by atoms with E-state index in [1.807, 2.05) is 47.1 Å². The smallest absolute Gasteiger partial charge is 0.248 e. The lowest BCUT2D eigenvalue weighted by Gasteiger charge is -2.41. The number of fused-ring (bicyclic) bond motifs is 2. The van der Waals surface area contributed by atoms with Gasteiger partial charge in [-0.15, -0.1) is 0 Å². The molecular formula is C26H30N8O2. The molecule has 0 aliphatic carbocycles. The fraction of sp³-hybridized carbons (Fsp3) is 0.385. The molecule has 36 heavy (non-hydrogen) atoms. The van der Waals surface area contributed by atoms with Gasteiger partial charge in [0.25, 0.3) is 0 Å². The maximum atomic E-state index is 12.9. The zero-order valence-corrected chi connectivity index (χ0v) is 20.4. The SMILES string of the molecule is Cn1ccc2cnc(N3CCN(C(=O)CN4CC(Cn5ccc6ccc(C(N)=O)cc65)C4)CC3)nc21. The zero-order valence-electron chi connectivity index (χ0n) is 20.4. The summed E-state index contributed by atoms with van der Waals surface area (Å²) in [5.41, 5.74) is 7.92. The summed E-state index contributed by atoms with van der Waals surface area (Å²) in [5, 5.41) is 2.13. The number of nitrogens with two attached hydrogens (primary N) is 1. The number of piperazine rings is 1. The van der Waals surface area contributed by atoms with Gasteiger partial charge in [-0.25, -0.2) is 4.98 Å². The van der Waals surface area contributed by atoms with Crippen LogP contribution >= 0.6 is 0 Å². The van der Waals surface area contributed by atoms with Crippen LogP contribution in [0.4, 0.5) is 5.95 Å². The molecule has 0 radical (unpaired) electrons. The molecule has 6 rings (SSSR count). The van der Waals surface area contributed by atoms with Gasteiger partial charge in [-0.3, -0.25) is 14.5 Å². The normalized spacial score (nSPS) is 17.1. The fourth-order valence-electron chi connectivity index (χ4n) is 5.33. The molecule has 2 N–H and O–H groups in total. The second kappa shape index (κ2) is 8.94. The summed E-state index contributed by atoms with van der Waals surface area (Å²) < 4.78 is 4.18. The van der Waals surface area contributed by atoms with Crippen molar-refractivity contribution in [3.8, 4) is 0 Å². The van der Waals surface area contributed by atoms with Crippen LogP contribution in [0, 0.1) is 5.92 Å². The molecule has 186 valence electrons. The number of aromatic nitrogens is 4. The molecular weight excluding hydrogens is 456 g/mol. The number of anilines is 1. The quantitative estimate of drug-likeness (QED) is 0.441. The summed E-state index contributed by atoms with van der Waals surface area (Å²) in [6.45, 7) is 5.94. The van der Waals surface area contributed by atoms with E-state index in [4.69, 9.17) is 10.7 Å². The number of likely N-dealkylation sites (tertiary alicyclic amines) is 1.